The summed E-state index contributed by atoms with van der Waals surface area (Å²) in [6, 6.07) is 7.47. The summed E-state index contributed by atoms with van der Waals surface area (Å²) < 4.78 is 6.46. The molecule has 0 unspecified atom stereocenters. The lowest BCUT2D eigenvalue weighted by molar-refractivity contribution is -0.144. The van der Waals surface area contributed by atoms with Crippen LogP contribution in [0.1, 0.15) is 36.1 Å². The Bertz CT molecular complexity index is 800. The highest BCUT2D eigenvalue weighted by Crippen LogP contribution is 2.41. The first-order valence-electron chi connectivity index (χ1n) is 7.78. The topological polar surface area (TPSA) is 73.2 Å². The third-order valence-electron chi connectivity index (χ3n) is 4.03. The van der Waals surface area contributed by atoms with Gasteiger partial charge in [-0.2, -0.15) is 5.10 Å². The zero-order valence-corrected chi connectivity index (χ0v) is 14.3. The molecule has 2 aromatic rings. The Kier molecular flexibility index (Phi) is 4.57. The molecule has 126 valence electrons. The number of hydrogen-bond acceptors (Lipinski definition) is 4. The summed E-state index contributed by atoms with van der Waals surface area (Å²) in [4.78, 5) is 24.0. The van der Waals surface area contributed by atoms with Gasteiger partial charge in [-0.1, -0.05) is 29.8 Å². The molecule has 6 nitrogen and oxygen atoms in total. The molecule has 0 radical (unpaired) electrons. The van der Waals surface area contributed by atoms with E-state index >= 15 is 0 Å². The highest BCUT2D eigenvalue weighted by Gasteiger charge is 2.33. The van der Waals surface area contributed by atoms with Crippen molar-refractivity contribution in [1.29, 1.82) is 0 Å². The van der Waals surface area contributed by atoms with Crippen LogP contribution in [0.2, 0.25) is 5.02 Å². The van der Waals surface area contributed by atoms with E-state index < -0.39 is 5.97 Å². The molecule has 24 heavy (non-hydrogen) atoms. The van der Waals surface area contributed by atoms with Crippen molar-refractivity contribution in [3.05, 3.63) is 46.1 Å². The van der Waals surface area contributed by atoms with Gasteiger partial charge in [-0.3, -0.25) is 9.59 Å². The molecule has 0 saturated carbocycles. The summed E-state index contributed by atoms with van der Waals surface area (Å²) >= 11 is 6.32. The third kappa shape index (κ3) is 3.01. The quantitative estimate of drug-likeness (QED) is 0.863. The summed E-state index contributed by atoms with van der Waals surface area (Å²) in [5, 5.41) is 7.85. The molecule has 0 bridgehead atoms. The predicted molar refractivity (Wildman–Crippen MR) is 90.1 cm³/mol. The maximum absolute atomic E-state index is 12.2. The molecular formula is C17H18ClN3O3. The third-order valence-corrected chi connectivity index (χ3v) is 4.38. The molecular weight excluding hydrogens is 330 g/mol. The van der Waals surface area contributed by atoms with Crippen LogP contribution in [0.25, 0.3) is 0 Å². The Morgan fingerprint density at radius 1 is 1.46 bits per heavy atom. The van der Waals surface area contributed by atoms with Gasteiger partial charge in [-0.05, 0) is 25.5 Å². The van der Waals surface area contributed by atoms with Crippen LogP contribution in [0, 0.1) is 6.92 Å². The average Bonchev–Trinajstić information content (AvgIpc) is 2.83. The van der Waals surface area contributed by atoms with Crippen LogP contribution in [0.15, 0.2) is 24.3 Å². The standard InChI is InChI=1S/C17H18ClN3O3/c1-3-24-15(23)9-21-17-16(10(2)20-21)12(8-14(22)19-17)11-6-4-5-7-13(11)18/h4-7,12H,3,8-9H2,1-2H3,(H,19,22)/t12-/m0/s1. The summed E-state index contributed by atoms with van der Waals surface area (Å²) in [5.74, 6) is -0.158. The number of ether oxygens (including phenoxy) is 1. The fraction of sp³-hybridized carbons (Fsp3) is 0.353. The van der Waals surface area contributed by atoms with Gasteiger partial charge in [0.2, 0.25) is 5.91 Å². The van der Waals surface area contributed by atoms with Crippen molar-refractivity contribution in [2.24, 2.45) is 0 Å². The average molecular weight is 348 g/mol. The van der Waals surface area contributed by atoms with E-state index in [-0.39, 0.29) is 18.4 Å². The Balaban J connectivity index is 2.04. The molecule has 3 rings (SSSR count). The van der Waals surface area contributed by atoms with E-state index in [1.807, 2.05) is 25.1 Å². The van der Waals surface area contributed by atoms with Crippen LogP contribution < -0.4 is 5.32 Å². The highest BCUT2D eigenvalue weighted by molar-refractivity contribution is 6.31. The Morgan fingerprint density at radius 3 is 2.92 bits per heavy atom. The number of nitrogens with one attached hydrogen (secondary N) is 1. The SMILES string of the molecule is CCOC(=O)Cn1nc(C)c2c1NC(=O)C[C@H]2c1ccccc1Cl. The second kappa shape index (κ2) is 6.65. The molecule has 1 amide bonds. The molecule has 0 aliphatic carbocycles. The van der Waals surface area contributed by atoms with E-state index in [0.29, 0.717) is 23.9 Å². The van der Waals surface area contributed by atoms with Gasteiger partial charge >= 0.3 is 5.97 Å². The van der Waals surface area contributed by atoms with Crippen molar-refractivity contribution >= 4 is 29.3 Å². The van der Waals surface area contributed by atoms with Crippen molar-refractivity contribution < 1.29 is 14.3 Å². The van der Waals surface area contributed by atoms with Crippen molar-refractivity contribution in [2.45, 2.75) is 32.7 Å². The zero-order valence-electron chi connectivity index (χ0n) is 13.5. The summed E-state index contributed by atoms with van der Waals surface area (Å²) in [6.45, 7) is 3.87. The summed E-state index contributed by atoms with van der Waals surface area (Å²) in [5.41, 5.74) is 2.54. The molecule has 1 aliphatic heterocycles. The molecule has 1 aromatic heterocycles. The molecule has 7 heteroatoms. The monoisotopic (exact) mass is 347 g/mol. The van der Waals surface area contributed by atoms with E-state index in [4.69, 9.17) is 16.3 Å². The van der Waals surface area contributed by atoms with Gasteiger partial charge in [0.1, 0.15) is 12.4 Å². The maximum Gasteiger partial charge on any atom is 0.327 e. The largest absolute Gasteiger partial charge is 0.465 e. The summed E-state index contributed by atoms with van der Waals surface area (Å²) in [7, 11) is 0. The van der Waals surface area contributed by atoms with Gasteiger partial charge in [-0.25, -0.2) is 4.68 Å². The number of carbonyl (C=O) groups is 2. The van der Waals surface area contributed by atoms with Crippen LogP contribution in [0.4, 0.5) is 5.82 Å². The number of halogens is 1. The minimum absolute atomic E-state index is 0.0421. The molecule has 1 atom stereocenters. The first kappa shape index (κ1) is 16.5. The first-order valence-corrected chi connectivity index (χ1v) is 8.16. The Morgan fingerprint density at radius 2 is 2.21 bits per heavy atom. The number of amides is 1. The zero-order chi connectivity index (χ0) is 17.3. The molecule has 0 saturated heterocycles. The number of nitrogens with zero attached hydrogens (tertiary/aromatic N) is 2. The van der Waals surface area contributed by atoms with E-state index in [1.54, 1.807) is 13.0 Å². The van der Waals surface area contributed by atoms with Gasteiger partial charge in [-0.15, -0.1) is 0 Å². The number of benzene rings is 1. The minimum Gasteiger partial charge on any atom is -0.465 e. The Hall–Kier alpha value is -2.34. The van der Waals surface area contributed by atoms with Gasteiger partial charge in [0.05, 0.1) is 12.3 Å². The number of carbonyl (C=O) groups excluding carboxylic acids is 2. The van der Waals surface area contributed by atoms with Crippen molar-refractivity contribution in [3.8, 4) is 0 Å². The number of hydrogen-bond donors (Lipinski definition) is 1. The van der Waals surface area contributed by atoms with Crippen LogP contribution >= 0.6 is 11.6 Å². The van der Waals surface area contributed by atoms with Crippen molar-refractivity contribution in [2.75, 3.05) is 11.9 Å². The molecule has 0 fully saturated rings. The second-order valence-electron chi connectivity index (χ2n) is 5.64. The predicted octanol–water partition coefficient (Wildman–Crippen LogP) is 2.88. The van der Waals surface area contributed by atoms with Gasteiger partial charge in [0, 0.05) is 22.9 Å². The van der Waals surface area contributed by atoms with Gasteiger partial charge < -0.3 is 10.1 Å². The summed E-state index contributed by atoms with van der Waals surface area (Å²) in [6.07, 6.45) is 0.294. The lowest BCUT2D eigenvalue weighted by Crippen LogP contribution is -2.26. The number of rotatable bonds is 4. The second-order valence-corrected chi connectivity index (χ2v) is 6.04. The van der Waals surface area contributed by atoms with Crippen LogP contribution in [-0.4, -0.2) is 28.3 Å². The number of anilines is 1. The first-order chi connectivity index (χ1) is 11.5. The normalized spacial score (nSPS) is 16.5. The molecule has 2 heterocycles. The smallest absolute Gasteiger partial charge is 0.327 e. The molecule has 1 aromatic carbocycles. The fourth-order valence-electron chi connectivity index (χ4n) is 3.08. The number of fused-ring (bicyclic) bond motifs is 1. The van der Waals surface area contributed by atoms with Gasteiger partial charge in [0.15, 0.2) is 0 Å². The van der Waals surface area contributed by atoms with Crippen LogP contribution in [0.3, 0.4) is 0 Å². The van der Waals surface area contributed by atoms with E-state index in [0.717, 1.165) is 16.8 Å². The van der Waals surface area contributed by atoms with Crippen LogP contribution in [0.5, 0.6) is 0 Å². The lowest BCUT2D eigenvalue weighted by atomic mass is 9.86. The van der Waals surface area contributed by atoms with Crippen molar-refractivity contribution in [3.63, 3.8) is 0 Å². The molecule has 1 aliphatic rings. The number of aromatic nitrogens is 2. The molecule has 0 spiro atoms. The van der Waals surface area contributed by atoms with E-state index in [9.17, 15) is 9.59 Å². The van der Waals surface area contributed by atoms with E-state index in [2.05, 4.69) is 10.4 Å². The minimum atomic E-state index is -0.392. The highest BCUT2D eigenvalue weighted by atomic mass is 35.5. The Labute approximate surface area is 144 Å². The lowest BCUT2D eigenvalue weighted by Gasteiger charge is -2.25. The number of aryl methyl sites for hydroxylation is 1. The van der Waals surface area contributed by atoms with Gasteiger partial charge in [0.25, 0.3) is 0 Å². The fourth-order valence-corrected chi connectivity index (χ4v) is 3.35. The van der Waals surface area contributed by atoms with Crippen molar-refractivity contribution in [1.82, 2.24) is 9.78 Å². The molecule has 1 N–H and O–H groups in total. The maximum atomic E-state index is 12.2. The van der Waals surface area contributed by atoms with Crippen LogP contribution in [-0.2, 0) is 20.9 Å². The number of esters is 1. The van der Waals surface area contributed by atoms with E-state index in [1.165, 1.54) is 4.68 Å².